The Morgan fingerprint density at radius 2 is 2.17 bits per heavy atom. The Morgan fingerprint density at radius 1 is 1.39 bits per heavy atom. The summed E-state index contributed by atoms with van der Waals surface area (Å²) in [6.45, 7) is 2.57. The van der Waals surface area contributed by atoms with Gasteiger partial charge in [0.05, 0.1) is 12.2 Å². The van der Waals surface area contributed by atoms with Gasteiger partial charge in [-0.25, -0.2) is 4.39 Å². The second kappa shape index (κ2) is 5.50. The van der Waals surface area contributed by atoms with Crippen LogP contribution in [0.5, 0.6) is 0 Å². The summed E-state index contributed by atoms with van der Waals surface area (Å²) in [5.41, 5.74) is 7.16. The molecule has 0 amide bonds. The first-order chi connectivity index (χ1) is 8.58. The third-order valence-electron chi connectivity index (χ3n) is 2.88. The van der Waals surface area contributed by atoms with Crippen LogP contribution in [-0.4, -0.2) is 7.05 Å². The second-order valence-corrected chi connectivity index (χ2v) is 5.47. The number of thiophene rings is 1. The molecule has 0 saturated carbocycles. The highest BCUT2D eigenvalue weighted by molar-refractivity contribution is 7.09. The fourth-order valence-corrected chi connectivity index (χ4v) is 2.59. The summed E-state index contributed by atoms with van der Waals surface area (Å²) in [5.74, 6) is -0.219. The van der Waals surface area contributed by atoms with Crippen molar-refractivity contribution in [1.29, 1.82) is 0 Å². The van der Waals surface area contributed by atoms with Crippen LogP contribution in [0, 0.1) is 5.82 Å². The Labute approximate surface area is 111 Å². The number of nitrogens with zero attached hydrogens (tertiary/aromatic N) is 1. The fraction of sp³-hybridized carbons (Fsp3) is 0.286. The maximum Gasteiger partial charge on any atom is 0.146 e. The van der Waals surface area contributed by atoms with Crippen molar-refractivity contribution in [2.24, 2.45) is 5.73 Å². The third kappa shape index (κ3) is 2.89. The van der Waals surface area contributed by atoms with Crippen LogP contribution in [-0.2, 0) is 6.54 Å². The number of rotatable bonds is 4. The lowest BCUT2D eigenvalue weighted by Crippen LogP contribution is -2.17. The van der Waals surface area contributed by atoms with Gasteiger partial charge in [0.2, 0.25) is 0 Å². The summed E-state index contributed by atoms with van der Waals surface area (Å²) >= 11 is 1.68. The lowest BCUT2D eigenvalue weighted by molar-refractivity contribution is 0.617. The number of hydrogen-bond donors (Lipinski definition) is 1. The summed E-state index contributed by atoms with van der Waals surface area (Å²) in [7, 11) is 1.89. The molecule has 0 aliphatic carbocycles. The van der Waals surface area contributed by atoms with E-state index in [-0.39, 0.29) is 11.9 Å². The Hall–Kier alpha value is -1.39. The van der Waals surface area contributed by atoms with Gasteiger partial charge in [0.25, 0.3) is 0 Å². The quantitative estimate of drug-likeness (QED) is 0.915. The van der Waals surface area contributed by atoms with Crippen LogP contribution < -0.4 is 10.6 Å². The lowest BCUT2D eigenvalue weighted by atomic mass is 10.1. The van der Waals surface area contributed by atoms with Crippen LogP contribution in [0.3, 0.4) is 0 Å². The minimum absolute atomic E-state index is 0.142. The summed E-state index contributed by atoms with van der Waals surface area (Å²) in [4.78, 5) is 3.12. The van der Waals surface area contributed by atoms with E-state index in [1.807, 2.05) is 36.4 Å². The molecule has 1 aromatic heterocycles. The first-order valence-electron chi connectivity index (χ1n) is 5.86. The van der Waals surface area contributed by atoms with Crippen molar-refractivity contribution >= 4 is 17.0 Å². The molecule has 4 heteroatoms. The van der Waals surface area contributed by atoms with Crippen molar-refractivity contribution in [3.8, 4) is 0 Å². The van der Waals surface area contributed by atoms with Crippen molar-refractivity contribution in [2.45, 2.75) is 19.5 Å². The SMILES string of the molecule is CC(N)c1ccc(N(C)Cc2cccs2)c(F)c1. The molecule has 0 aliphatic rings. The molecular formula is C14H17FN2S. The molecule has 1 atom stereocenters. The summed E-state index contributed by atoms with van der Waals surface area (Å²) in [6, 6.07) is 9.11. The van der Waals surface area contributed by atoms with Crippen LogP contribution in [0.4, 0.5) is 10.1 Å². The zero-order valence-electron chi connectivity index (χ0n) is 10.6. The molecule has 0 fully saturated rings. The summed E-state index contributed by atoms with van der Waals surface area (Å²) in [5, 5.41) is 2.03. The standard InChI is InChI=1S/C14H17FN2S/c1-10(16)11-5-6-14(13(15)8-11)17(2)9-12-4-3-7-18-12/h3-8,10H,9,16H2,1-2H3. The number of benzene rings is 1. The fourth-order valence-electron chi connectivity index (χ4n) is 1.84. The normalized spacial score (nSPS) is 12.4. The van der Waals surface area contributed by atoms with Crippen molar-refractivity contribution in [1.82, 2.24) is 0 Å². The van der Waals surface area contributed by atoms with Crippen molar-refractivity contribution < 1.29 is 4.39 Å². The average Bonchev–Trinajstić information content (AvgIpc) is 2.81. The van der Waals surface area contributed by atoms with E-state index in [9.17, 15) is 4.39 Å². The van der Waals surface area contributed by atoms with E-state index >= 15 is 0 Å². The Kier molecular flexibility index (Phi) is 3.99. The monoisotopic (exact) mass is 264 g/mol. The zero-order valence-corrected chi connectivity index (χ0v) is 11.4. The minimum Gasteiger partial charge on any atom is -0.367 e. The highest BCUT2D eigenvalue weighted by atomic mass is 32.1. The minimum atomic E-state index is -0.219. The van der Waals surface area contributed by atoms with E-state index in [1.165, 1.54) is 10.9 Å². The molecule has 2 rings (SSSR count). The molecule has 2 N–H and O–H groups in total. The highest BCUT2D eigenvalue weighted by Gasteiger charge is 2.10. The Balaban J connectivity index is 2.17. The van der Waals surface area contributed by atoms with Crippen LogP contribution >= 0.6 is 11.3 Å². The Morgan fingerprint density at radius 3 is 2.72 bits per heavy atom. The van der Waals surface area contributed by atoms with E-state index in [2.05, 4.69) is 6.07 Å². The first kappa shape index (κ1) is 13.1. The number of halogens is 1. The molecule has 0 aliphatic heterocycles. The van der Waals surface area contributed by atoms with Gasteiger partial charge < -0.3 is 10.6 Å². The third-order valence-corrected chi connectivity index (χ3v) is 3.74. The van der Waals surface area contributed by atoms with E-state index in [0.717, 1.165) is 5.56 Å². The van der Waals surface area contributed by atoms with E-state index in [4.69, 9.17) is 5.73 Å². The molecule has 2 aromatic rings. The molecule has 1 unspecified atom stereocenters. The van der Waals surface area contributed by atoms with Gasteiger partial charge in [-0.05, 0) is 36.1 Å². The molecule has 18 heavy (non-hydrogen) atoms. The van der Waals surface area contributed by atoms with Gasteiger partial charge in [0, 0.05) is 18.0 Å². The van der Waals surface area contributed by atoms with E-state index < -0.39 is 0 Å². The maximum absolute atomic E-state index is 14.0. The van der Waals surface area contributed by atoms with Crippen molar-refractivity contribution in [2.75, 3.05) is 11.9 Å². The van der Waals surface area contributed by atoms with Gasteiger partial charge in [-0.1, -0.05) is 12.1 Å². The molecule has 0 bridgehead atoms. The molecule has 96 valence electrons. The van der Waals surface area contributed by atoms with Crippen molar-refractivity contribution in [3.63, 3.8) is 0 Å². The van der Waals surface area contributed by atoms with Gasteiger partial charge in [0.15, 0.2) is 0 Å². The molecule has 2 nitrogen and oxygen atoms in total. The van der Waals surface area contributed by atoms with Crippen LogP contribution in [0.15, 0.2) is 35.7 Å². The van der Waals surface area contributed by atoms with Gasteiger partial charge in [-0.15, -0.1) is 11.3 Å². The number of hydrogen-bond acceptors (Lipinski definition) is 3. The first-order valence-corrected chi connectivity index (χ1v) is 6.74. The largest absolute Gasteiger partial charge is 0.367 e. The topological polar surface area (TPSA) is 29.3 Å². The predicted octanol–water partition coefficient (Wildman–Crippen LogP) is 3.54. The second-order valence-electron chi connectivity index (χ2n) is 4.43. The molecule has 0 saturated heterocycles. The van der Waals surface area contributed by atoms with Gasteiger partial charge in [0.1, 0.15) is 5.82 Å². The summed E-state index contributed by atoms with van der Waals surface area (Å²) < 4.78 is 14.0. The van der Waals surface area contributed by atoms with E-state index in [0.29, 0.717) is 12.2 Å². The predicted molar refractivity (Wildman–Crippen MR) is 75.4 cm³/mol. The molecule has 0 radical (unpaired) electrons. The average molecular weight is 264 g/mol. The highest BCUT2D eigenvalue weighted by Crippen LogP contribution is 2.24. The van der Waals surface area contributed by atoms with E-state index in [1.54, 1.807) is 17.4 Å². The summed E-state index contributed by atoms with van der Waals surface area (Å²) in [6.07, 6.45) is 0. The molecule has 1 aromatic carbocycles. The number of nitrogens with two attached hydrogens (primary N) is 1. The zero-order chi connectivity index (χ0) is 13.1. The van der Waals surface area contributed by atoms with Gasteiger partial charge in [-0.3, -0.25) is 0 Å². The van der Waals surface area contributed by atoms with Crippen LogP contribution in [0.2, 0.25) is 0 Å². The Bertz CT molecular complexity index is 509. The molecular weight excluding hydrogens is 247 g/mol. The molecule has 1 heterocycles. The van der Waals surface area contributed by atoms with Crippen LogP contribution in [0.25, 0.3) is 0 Å². The number of anilines is 1. The van der Waals surface area contributed by atoms with Crippen molar-refractivity contribution in [3.05, 3.63) is 52.0 Å². The molecule has 0 spiro atoms. The smallest absolute Gasteiger partial charge is 0.146 e. The van der Waals surface area contributed by atoms with Crippen LogP contribution in [0.1, 0.15) is 23.4 Å². The lowest BCUT2D eigenvalue weighted by Gasteiger charge is -2.20. The maximum atomic E-state index is 14.0. The van der Waals surface area contributed by atoms with Gasteiger partial charge in [-0.2, -0.15) is 0 Å². The van der Waals surface area contributed by atoms with Gasteiger partial charge >= 0.3 is 0 Å².